The largest absolute Gasteiger partial charge is 0.463 e. The van der Waals surface area contributed by atoms with Crippen LogP contribution in [0.25, 0.3) is 0 Å². The molecule has 0 aromatic heterocycles. The molecule has 1 rings (SSSR count). The van der Waals surface area contributed by atoms with Crippen LogP contribution in [-0.4, -0.2) is 12.6 Å². The topological polar surface area (TPSA) is 26.3 Å². The molecule has 0 heterocycles. The molecule has 0 aromatic rings. The molecule has 19 heavy (non-hydrogen) atoms. The fraction of sp³-hybridized carbons (Fsp3) is 0.706. The Hall–Kier alpha value is -1.05. The summed E-state index contributed by atoms with van der Waals surface area (Å²) in [6.45, 7) is 15.2. The number of rotatable bonds is 5. The van der Waals surface area contributed by atoms with Gasteiger partial charge in [0.25, 0.3) is 0 Å². The second-order valence-corrected chi connectivity index (χ2v) is 6.73. The molecule has 1 saturated carbocycles. The van der Waals surface area contributed by atoms with Gasteiger partial charge in [-0.1, -0.05) is 31.6 Å². The average Bonchev–Trinajstić information content (AvgIpc) is 2.53. The lowest BCUT2D eigenvalue weighted by Crippen LogP contribution is -2.10. The summed E-state index contributed by atoms with van der Waals surface area (Å²) in [5, 5.41) is 0. The summed E-state index contributed by atoms with van der Waals surface area (Å²) in [6, 6.07) is 0. The summed E-state index contributed by atoms with van der Waals surface area (Å²) in [7, 11) is 0. The first kappa shape index (κ1) is 16.0. The first-order valence-corrected chi connectivity index (χ1v) is 7.24. The molecule has 0 aromatic carbocycles. The van der Waals surface area contributed by atoms with E-state index in [1.807, 2.05) is 13.8 Å². The lowest BCUT2D eigenvalue weighted by Gasteiger charge is -2.19. The Kier molecular flexibility index (Phi) is 5.39. The molecule has 0 bridgehead atoms. The highest BCUT2D eigenvalue weighted by Crippen LogP contribution is 2.49. The molecular weight excluding hydrogens is 236 g/mol. The zero-order valence-corrected chi connectivity index (χ0v) is 13.1. The number of carbonyl (C=O) groups is 1. The number of ether oxygens (including phenoxy) is 1. The Morgan fingerprint density at radius 3 is 2.53 bits per heavy atom. The molecule has 108 valence electrons. The number of hydrogen-bond donors (Lipinski definition) is 0. The van der Waals surface area contributed by atoms with Crippen molar-refractivity contribution in [3.63, 3.8) is 0 Å². The van der Waals surface area contributed by atoms with Crippen molar-refractivity contribution in [3.8, 4) is 0 Å². The van der Waals surface area contributed by atoms with E-state index in [0.29, 0.717) is 23.9 Å². The molecule has 2 atom stereocenters. The van der Waals surface area contributed by atoms with Gasteiger partial charge in [0.1, 0.15) is 0 Å². The minimum absolute atomic E-state index is 0.218. The Bertz CT molecular complexity index is 377. The van der Waals surface area contributed by atoms with E-state index in [-0.39, 0.29) is 5.97 Å². The SMILES string of the molecule is C=C(C)[C@H]1CC(C)(C)C[C@H]1C/C(C)=C\C(=O)OCC. The Balaban J connectivity index is 2.69. The molecule has 0 radical (unpaired) electrons. The average molecular weight is 264 g/mol. The van der Waals surface area contributed by atoms with Crippen molar-refractivity contribution in [1.82, 2.24) is 0 Å². The van der Waals surface area contributed by atoms with Gasteiger partial charge in [0.2, 0.25) is 0 Å². The molecule has 0 unspecified atom stereocenters. The maximum atomic E-state index is 11.5. The van der Waals surface area contributed by atoms with Crippen molar-refractivity contribution in [3.05, 3.63) is 23.8 Å². The lowest BCUT2D eigenvalue weighted by atomic mass is 9.86. The molecule has 2 nitrogen and oxygen atoms in total. The molecular formula is C17H28O2. The fourth-order valence-electron chi connectivity index (χ4n) is 3.35. The van der Waals surface area contributed by atoms with Gasteiger partial charge in [-0.15, -0.1) is 0 Å². The molecule has 1 aliphatic rings. The van der Waals surface area contributed by atoms with E-state index in [9.17, 15) is 4.79 Å². The number of esters is 1. The van der Waals surface area contributed by atoms with Gasteiger partial charge in [0.05, 0.1) is 6.61 Å². The third kappa shape index (κ3) is 4.85. The van der Waals surface area contributed by atoms with Crippen LogP contribution in [0, 0.1) is 17.3 Å². The second-order valence-electron chi connectivity index (χ2n) is 6.73. The molecule has 0 amide bonds. The minimum Gasteiger partial charge on any atom is -0.463 e. The monoisotopic (exact) mass is 264 g/mol. The molecule has 0 saturated heterocycles. The van der Waals surface area contributed by atoms with E-state index in [2.05, 4.69) is 27.4 Å². The van der Waals surface area contributed by atoms with Crippen molar-refractivity contribution in [2.45, 2.75) is 53.9 Å². The summed E-state index contributed by atoms with van der Waals surface area (Å²) in [5.74, 6) is 0.975. The maximum Gasteiger partial charge on any atom is 0.330 e. The quantitative estimate of drug-likeness (QED) is 0.415. The predicted molar refractivity (Wildman–Crippen MR) is 79.8 cm³/mol. The van der Waals surface area contributed by atoms with Gasteiger partial charge in [-0.25, -0.2) is 4.79 Å². The van der Waals surface area contributed by atoms with Gasteiger partial charge in [-0.2, -0.15) is 0 Å². The van der Waals surface area contributed by atoms with E-state index in [0.717, 1.165) is 12.0 Å². The molecule has 1 aliphatic carbocycles. The smallest absolute Gasteiger partial charge is 0.330 e. The first-order chi connectivity index (χ1) is 8.75. The normalized spacial score (nSPS) is 26.3. The van der Waals surface area contributed by atoms with Crippen LogP contribution in [0.2, 0.25) is 0 Å². The van der Waals surface area contributed by atoms with E-state index in [1.54, 1.807) is 6.08 Å². The Labute approximate surface area is 117 Å². The summed E-state index contributed by atoms with van der Waals surface area (Å²) in [6.07, 6.45) is 5.03. The molecule has 0 spiro atoms. The minimum atomic E-state index is -0.218. The Morgan fingerprint density at radius 1 is 1.37 bits per heavy atom. The molecule has 0 N–H and O–H groups in total. The summed E-state index contributed by atoms with van der Waals surface area (Å²) < 4.78 is 4.96. The van der Waals surface area contributed by atoms with Crippen molar-refractivity contribution in [2.24, 2.45) is 17.3 Å². The number of carbonyl (C=O) groups excluding carboxylic acids is 1. The highest BCUT2D eigenvalue weighted by molar-refractivity contribution is 5.82. The van der Waals surface area contributed by atoms with E-state index < -0.39 is 0 Å². The van der Waals surface area contributed by atoms with Gasteiger partial charge in [-0.05, 0) is 57.3 Å². The van der Waals surface area contributed by atoms with Crippen LogP contribution in [0.1, 0.15) is 53.9 Å². The third-order valence-electron chi connectivity index (χ3n) is 4.02. The van der Waals surface area contributed by atoms with Crippen LogP contribution in [0.4, 0.5) is 0 Å². The number of hydrogen-bond acceptors (Lipinski definition) is 2. The van der Waals surface area contributed by atoms with Crippen LogP contribution in [0.15, 0.2) is 23.8 Å². The van der Waals surface area contributed by atoms with Gasteiger partial charge < -0.3 is 4.74 Å². The van der Waals surface area contributed by atoms with Crippen LogP contribution in [-0.2, 0) is 9.53 Å². The van der Waals surface area contributed by atoms with Gasteiger partial charge in [0.15, 0.2) is 0 Å². The fourth-order valence-corrected chi connectivity index (χ4v) is 3.35. The summed E-state index contributed by atoms with van der Waals surface area (Å²) in [5.41, 5.74) is 2.78. The van der Waals surface area contributed by atoms with Crippen molar-refractivity contribution >= 4 is 5.97 Å². The van der Waals surface area contributed by atoms with Crippen molar-refractivity contribution in [2.75, 3.05) is 6.61 Å². The zero-order chi connectivity index (χ0) is 14.6. The van der Waals surface area contributed by atoms with E-state index in [1.165, 1.54) is 18.4 Å². The van der Waals surface area contributed by atoms with Crippen LogP contribution >= 0.6 is 0 Å². The van der Waals surface area contributed by atoms with E-state index >= 15 is 0 Å². The molecule has 0 aliphatic heterocycles. The van der Waals surface area contributed by atoms with Crippen LogP contribution < -0.4 is 0 Å². The Morgan fingerprint density at radius 2 is 2.00 bits per heavy atom. The van der Waals surface area contributed by atoms with Crippen LogP contribution in [0.5, 0.6) is 0 Å². The zero-order valence-electron chi connectivity index (χ0n) is 13.1. The standard InChI is InChI=1S/C17H28O2/c1-7-19-16(18)9-13(4)8-14-10-17(5,6)11-15(14)12(2)3/h9,14-15H,2,7-8,10-11H2,1,3-6H3/b13-9-/t14-,15-/m1/s1. The van der Waals surface area contributed by atoms with Crippen molar-refractivity contribution < 1.29 is 9.53 Å². The second kappa shape index (κ2) is 6.40. The van der Waals surface area contributed by atoms with Crippen LogP contribution in [0.3, 0.4) is 0 Å². The maximum absolute atomic E-state index is 11.5. The van der Waals surface area contributed by atoms with E-state index in [4.69, 9.17) is 4.74 Å². The number of allylic oxidation sites excluding steroid dienone is 2. The molecule has 2 heteroatoms. The molecule has 1 fully saturated rings. The van der Waals surface area contributed by atoms with Gasteiger partial charge in [-0.3, -0.25) is 0 Å². The van der Waals surface area contributed by atoms with Gasteiger partial charge >= 0.3 is 5.97 Å². The highest BCUT2D eigenvalue weighted by Gasteiger charge is 2.39. The highest BCUT2D eigenvalue weighted by atomic mass is 16.5. The third-order valence-corrected chi connectivity index (χ3v) is 4.02. The first-order valence-electron chi connectivity index (χ1n) is 7.24. The summed E-state index contributed by atoms with van der Waals surface area (Å²) in [4.78, 5) is 11.5. The lowest BCUT2D eigenvalue weighted by molar-refractivity contribution is -0.137. The van der Waals surface area contributed by atoms with Gasteiger partial charge in [0, 0.05) is 6.08 Å². The predicted octanol–water partition coefficient (Wildman–Crippen LogP) is 4.51. The van der Waals surface area contributed by atoms with Crippen molar-refractivity contribution in [1.29, 1.82) is 0 Å². The summed E-state index contributed by atoms with van der Waals surface area (Å²) >= 11 is 0.